The second kappa shape index (κ2) is 6.69. The van der Waals surface area contributed by atoms with E-state index in [9.17, 15) is 14.4 Å². The maximum atomic E-state index is 11.8. The Balaban J connectivity index is 1.76. The van der Waals surface area contributed by atoms with Crippen molar-refractivity contribution in [2.24, 2.45) is 0 Å². The van der Waals surface area contributed by atoms with Crippen LogP contribution in [0.25, 0.3) is 0 Å². The number of nitrogens with one attached hydrogen (secondary N) is 2. The van der Waals surface area contributed by atoms with Gasteiger partial charge in [-0.3, -0.25) is 14.4 Å². The molecule has 7 heteroatoms. The van der Waals surface area contributed by atoms with Gasteiger partial charge in [-0.05, 0) is 26.3 Å². The summed E-state index contributed by atoms with van der Waals surface area (Å²) in [5.74, 6) is -1.29. The van der Waals surface area contributed by atoms with Gasteiger partial charge in [0.25, 0.3) is 0 Å². The topological polar surface area (TPSA) is 81.8 Å². The van der Waals surface area contributed by atoms with Crippen LogP contribution in [0.4, 0.5) is 0 Å². The van der Waals surface area contributed by atoms with Crippen LogP contribution in [0.3, 0.4) is 0 Å². The number of nitrogens with zero attached hydrogens (tertiary/aromatic N) is 2. The van der Waals surface area contributed by atoms with Crippen LogP contribution in [0, 0.1) is 0 Å². The highest BCUT2D eigenvalue weighted by atomic mass is 16.2. The number of piperazine rings is 1. The van der Waals surface area contributed by atoms with Crippen LogP contribution < -0.4 is 10.6 Å². The lowest BCUT2D eigenvalue weighted by Crippen LogP contribution is -2.56. The second-order valence-electron chi connectivity index (χ2n) is 5.21. The van der Waals surface area contributed by atoms with E-state index in [1.807, 2.05) is 6.92 Å². The molecule has 112 valence electrons. The monoisotopic (exact) mass is 282 g/mol. The molecule has 2 aliphatic heterocycles. The van der Waals surface area contributed by atoms with Gasteiger partial charge in [-0.25, -0.2) is 0 Å². The minimum absolute atomic E-state index is 0.0329. The standard InChI is InChI=1S/C13H22N4O3/c1-2-16-6-7-17(13(20)12(16)19)9-11(18)15-8-10-4-3-5-14-10/h10,14H,2-9H2,1H3,(H,15,18). The predicted octanol–water partition coefficient (Wildman–Crippen LogP) is -1.45. The molecule has 1 unspecified atom stereocenters. The number of carbonyl (C=O) groups excluding carboxylic acids is 3. The molecular formula is C13H22N4O3. The van der Waals surface area contributed by atoms with Gasteiger partial charge in [0.15, 0.2) is 0 Å². The summed E-state index contributed by atoms with van der Waals surface area (Å²) in [5, 5.41) is 6.10. The zero-order valence-corrected chi connectivity index (χ0v) is 11.9. The first kappa shape index (κ1) is 14.8. The molecule has 0 saturated carbocycles. The lowest BCUT2D eigenvalue weighted by atomic mass is 10.2. The molecular weight excluding hydrogens is 260 g/mol. The number of hydrogen-bond acceptors (Lipinski definition) is 4. The summed E-state index contributed by atoms with van der Waals surface area (Å²) < 4.78 is 0. The summed E-state index contributed by atoms with van der Waals surface area (Å²) in [6.45, 7) is 4.82. The highest BCUT2D eigenvalue weighted by molar-refractivity contribution is 6.35. The molecule has 2 saturated heterocycles. The number of amides is 3. The molecule has 7 nitrogen and oxygen atoms in total. The van der Waals surface area contributed by atoms with Crippen LogP contribution >= 0.6 is 0 Å². The Morgan fingerprint density at radius 2 is 2.00 bits per heavy atom. The minimum Gasteiger partial charge on any atom is -0.353 e. The maximum Gasteiger partial charge on any atom is 0.312 e. The fraction of sp³-hybridized carbons (Fsp3) is 0.769. The quantitative estimate of drug-likeness (QED) is 0.604. The van der Waals surface area contributed by atoms with E-state index in [2.05, 4.69) is 10.6 Å². The summed E-state index contributed by atoms with van der Waals surface area (Å²) >= 11 is 0. The van der Waals surface area contributed by atoms with E-state index >= 15 is 0 Å². The Hall–Kier alpha value is -1.63. The lowest BCUT2D eigenvalue weighted by molar-refractivity contribution is -0.156. The zero-order chi connectivity index (χ0) is 14.5. The molecule has 0 bridgehead atoms. The van der Waals surface area contributed by atoms with Crippen LogP contribution in [0.15, 0.2) is 0 Å². The van der Waals surface area contributed by atoms with Gasteiger partial charge in [0.1, 0.15) is 6.54 Å². The molecule has 0 aromatic heterocycles. The fourth-order valence-corrected chi connectivity index (χ4v) is 2.56. The lowest BCUT2D eigenvalue weighted by Gasteiger charge is -2.32. The second-order valence-corrected chi connectivity index (χ2v) is 5.21. The van der Waals surface area contributed by atoms with Crippen molar-refractivity contribution < 1.29 is 14.4 Å². The Kier molecular flexibility index (Phi) is 4.94. The SMILES string of the molecule is CCN1CCN(CC(=O)NCC2CCCN2)C(=O)C1=O. The van der Waals surface area contributed by atoms with Crippen LogP contribution in [-0.2, 0) is 14.4 Å². The van der Waals surface area contributed by atoms with Crippen molar-refractivity contribution in [3.05, 3.63) is 0 Å². The van der Waals surface area contributed by atoms with Gasteiger partial charge >= 0.3 is 11.8 Å². The zero-order valence-electron chi connectivity index (χ0n) is 11.9. The molecule has 0 spiro atoms. The first-order valence-corrected chi connectivity index (χ1v) is 7.20. The van der Waals surface area contributed by atoms with Crippen LogP contribution in [0.2, 0.25) is 0 Å². The van der Waals surface area contributed by atoms with Gasteiger partial charge in [-0.2, -0.15) is 0 Å². The molecule has 2 N–H and O–H groups in total. The first-order chi connectivity index (χ1) is 9.61. The third-order valence-corrected chi connectivity index (χ3v) is 3.82. The van der Waals surface area contributed by atoms with Crippen LogP contribution in [0.1, 0.15) is 19.8 Å². The Bertz CT molecular complexity index is 393. The van der Waals surface area contributed by atoms with E-state index in [-0.39, 0.29) is 12.5 Å². The Morgan fingerprint density at radius 1 is 1.30 bits per heavy atom. The normalized spacial score (nSPS) is 23.4. The molecule has 0 radical (unpaired) electrons. The van der Waals surface area contributed by atoms with E-state index < -0.39 is 11.8 Å². The number of carbonyl (C=O) groups is 3. The van der Waals surface area contributed by atoms with Crippen LogP contribution in [-0.4, -0.2) is 72.8 Å². The Morgan fingerprint density at radius 3 is 2.65 bits per heavy atom. The van der Waals surface area contributed by atoms with Crippen molar-refractivity contribution in [3.8, 4) is 0 Å². The van der Waals surface area contributed by atoms with Gasteiger partial charge in [-0.1, -0.05) is 0 Å². The summed E-state index contributed by atoms with van der Waals surface area (Å²) in [6.07, 6.45) is 2.19. The Labute approximate surface area is 118 Å². The van der Waals surface area contributed by atoms with E-state index in [1.54, 1.807) is 0 Å². The van der Waals surface area contributed by atoms with Crippen molar-refractivity contribution in [2.45, 2.75) is 25.8 Å². The maximum absolute atomic E-state index is 11.8. The molecule has 20 heavy (non-hydrogen) atoms. The molecule has 2 rings (SSSR count). The smallest absolute Gasteiger partial charge is 0.312 e. The van der Waals surface area contributed by atoms with Crippen molar-refractivity contribution in [1.82, 2.24) is 20.4 Å². The van der Waals surface area contributed by atoms with Crippen molar-refractivity contribution in [2.75, 3.05) is 39.3 Å². The van der Waals surface area contributed by atoms with Gasteiger partial charge < -0.3 is 20.4 Å². The highest BCUT2D eigenvalue weighted by Gasteiger charge is 2.32. The van der Waals surface area contributed by atoms with E-state index in [0.29, 0.717) is 32.2 Å². The van der Waals surface area contributed by atoms with Gasteiger partial charge in [0.05, 0.1) is 0 Å². The average molecular weight is 282 g/mol. The first-order valence-electron chi connectivity index (χ1n) is 7.20. The average Bonchev–Trinajstić information content (AvgIpc) is 2.95. The summed E-state index contributed by atoms with van der Waals surface area (Å²) in [5.41, 5.74) is 0. The molecule has 0 aromatic rings. The highest BCUT2D eigenvalue weighted by Crippen LogP contribution is 2.05. The molecule has 2 heterocycles. The third kappa shape index (κ3) is 3.47. The van der Waals surface area contributed by atoms with E-state index in [0.717, 1.165) is 19.4 Å². The number of rotatable bonds is 5. The fourth-order valence-electron chi connectivity index (χ4n) is 2.56. The molecule has 2 fully saturated rings. The molecule has 1 atom stereocenters. The largest absolute Gasteiger partial charge is 0.353 e. The van der Waals surface area contributed by atoms with Crippen LogP contribution in [0.5, 0.6) is 0 Å². The molecule has 0 aliphatic carbocycles. The molecule has 2 aliphatic rings. The predicted molar refractivity (Wildman–Crippen MR) is 72.9 cm³/mol. The van der Waals surface area contributed by atoms with Gasteiger partial charge in [0, 0.05) is 32.2 Å². The van der Waals surface area contributed by atoms with E-state index in [1.165, 1.54) is 9.80 Å². The van der Waals surface area contributed by atoms with Crippen molar-refractivity contribution in [3.63, 3.8) is 0 Å². The van der Waals surface area contributed by atoms with Crippen molar-refractivity contribution >= 4 is 17.7 Å². The number of likely N-dealkylation sites (N-methyl/N-ethyl adjacent to an activating group) is 1. The van der Waals surface area contributed by atoms with Gasteiger partial charge in [-0.15, -0.1) is 0 Å². The number of hydrogen-bond donors (Lipinski definition) is 2. The third-order valence-electron chi connectivity index (χ3n) is 3.82. The summed E-state index contributed by atoms with van der Waals surface area (Å²) in [6, 6.07) is 0.327. The molecule has 0 aromatic carbocycles. The summed E-state index contributed by atoms with van der Waals surface area (Å²) in [4.78, 5) is 38.2. The van der Waals surface area contributed by atoms with Gasteiger partial charge in [0.2, 0.25) is 5.91 Å². The summed E-state index contributed by atoms with van der Waals surface area (Å²) in [7, 11) is 0. The van der Waals surface area contributed by atoms with Crippen molar-refractivity contribution in [1.29, 1.82) is 0 Å². The van der Waals surface area contributed by atoms with E-state index in [4.69, 9.17) is 0 Å². The minimum atomic E-state index is -0.577. The molecule has 3 amide bonds.